The number of guanidine groups is 1. The van der Waals surface area contributed by atoms with Gasteiger partial charge in [-0.2, -0.15) is 4.98 Å². The van der Waals surface area contributed by atoms with Gasteiger partial charge in [-0.15, -0.1) is 0 Å². The van der Waals surface area contributed by atoms with Crippen molar-refractivity contribution < 1.29 is 9.26 Å². The third-order valence-corrected chi connectivity index (χ3v) is 3.56. The lowest BCUT2D eigenvalue weighted by atomic mass is 10.2. The zero-order valence-corrected chi connectivity index (χ0v) is 16.3. The molecule has 25 heavy (non-hydrogen) atoms. The fourth-order valence-electron chi connectivity index (χ4n) is 2.10. The number of aromatic nitrogens is 2. The zero-order chi connectivity index (χ0) is 18.3. The van der Waals surface area contributed by atoms with Gasteiger partial charge in [0.25, 0.3) is 0 Å². The van der Waals surface area contributed by atoms with Crippen molar-refractivity contribution in [1.82, 2.24) is 20.8 Å². The molecule has 0 atom stereocenters. The molecule has 1 aromatic heterocycles. The Morgan fingerprint density at radius 1 is 1.16 bits per heavy atom. The maximum atomic E-state index is 5.56. The minimum Gasteiger partial charge on any atom is -0.381 e. The number of rotatable bonds is 13. The second-order valence-electron chi connectivity index (χ2n) is 6.31. The smallest absolute Gasteiger partial charge is 0.226 e. The molecule has 0 aliphatic heterocycles. The van der Waals surface area contributed by atoms with Crippen molar-refractivity contribution >= 4 is 5.96 Å². The van der Waals surface area contributed by atoms with E-state index in [2.05, 4.69) is 53.5 Å². The molecule has 1 aromatic rings. The van der Waals surface area contributed by atoms with E-state index in [1.807, 2.05) is 0 Å². The first-order chi connectivity index (χ1) is 12.2. The summed E-state index contributed by atoms with van der Waals surface area (Å²) in [6, 6.07) is 0. The normalized spacial score (nSPS) is 12.0. The molecule has 0 bridgehead atoms. The van der Waals surface area contributed by atoms with Gasteiger partial charge in [-0.1, -0.05) is 32.3 Å². The third-order valence-electron chi connectivity index (χ3n) is 3.56. The molecule has 0 aliphatic rings. The van der Waals surface area contributed by atoms with E-state index in [0.29, 0.717) is 11.8 Å². The lowest BCUT2D eigenvalue weighted by molar-refractivity contribution is 0.129. The molecule has 0 spiro atoms. The first-order valence-corrected chi connectivity index (χ1v) is 9.59. The van der Waals surface area contributed by atoms with Crippen molar-refractivity contribution in [2.24, 2.45) is 4.99 Å². The molecule has 0 radical (unpaired) electrons. The van der Waals surface area contributed by atoms with Crippen LogP contribution in [0.2, 0.25) is 0 Å². The summed E-state index contributed by atoms with van der Waals surface area (Å²) in [5.74, 6) is 2.62. The topological polar surface area (TPSA) is 84.6 Å². The number of nitrogens with one attached hydrogen (secondary N) is 2. The Morgan fingerprint density at radius 3 is 2.64 bits per heavy atom. The van der Waals surface area contributed by atoms with Gasteiger partial charge in [-0.05, 0) is 26.2 Å². The Bertz CT molecular complexity index is 474. The molecule has 0 saturated carbocycles. The van der Waals surface area contributed by atoms with E-state index in [4.69, 9.17) is 9.26 Å². The van der Waals surface area contributed by atoms with Gasteiger partial charge in [0.05, 0.1) is 0 Å². The second kappa shape index (κ2) is 13.6. The van der Waals surface area contributed by atoms with Crippen molar-refractivity contribution in [3.8, 4) is 0 Å². The minimum atomic E-state index is 0.297. The molecule has 1 heterocycles. The number of nitrogens with zero attached hydrogens (tertiary/aromatic N) is 3. The first kappa shape index (κ1) is 21.4. The van der Waals surface area contributed by atoms with Crippen LogP contribution in [0.15, 0.2) is 9.52 Å². The molecule has 7 nitrogen and oxygen atoms in total. The highest BCUT2D eigenvalue weighted by molar-refractivity contribution is 5.79. The van der Waals surface area contributed by atoms with Crippen molar-refractivity contribution in [2.45, 2.75) is 65.7 Å². The van der Waals surface area contributed by atoms with Gasteiger partial charge in [0, 0.05) is 45.2 Å². The van der Waals surface area contributed by atoms with E-state index >= 15 is 0 Å². The summed E-state index contributed by atoms with van der Waals surface area (Å²) >= 11 is 0. The molecular formula is C18H35N5O2. The monoisotopic (exact) mass is 353 g/mol. The van der Waals surface area contributed by atoms with Crippen molar-refractivity contribution in [3.05, 3.63) is 11.7 Å². The average Bonchev–Trinajstić information content (AvgIpc) is 3.07. The molecule has 0 fully saturated rings. The number of ether oxygens (including phenoxy) is 1. The van der Waals surface area contributed by atoms with Gasteiger partial charge in [-0.3, -0.25) is 4.99 Å². The minimum absolute atomic E-state index is 0.297. The van der Waals surface area contributed by atoms with Crippen LogP contribution in [-0.2, 0) is 11.2 Å². The summed E-state index contributed by atoms with van der Waals surface area (Å²) < 4.78 is 10.8. The highest BCUT2D eigenvalue weighted by atomic mass is 16.5. The molecule has 2 N–H and O–H groups in total. The summed E-state index contributed by atoms with van der Waals surface area (Å²) in [7, 11) is 0. The summed E-state index contributed by atoms with van der Waals surface area (Å²) in [5, 5.41) is 10.6. The van der Waals surface area contributed by atoms with E-state index in [9.17, 15) is 0 Å². The fraction of sp³-hybridized carbons (Fsp3) is 0.833. The van der Waals surface area contributed by atoms with E-state index in [-0.39, 0.29) is 0 Å². The third kappa shape index (κ3) is 10.1. The summed E-state index contributed by atoms with van der Waals surface area (Å²) in [6.07, 6.45) is 4.94. The van der Waals surface area contributed by atoms with Gasteiger partial charge in [0.15, 0.2) is 11.8 Å². The average molecular weight is 354 g/mol. The predicted octanol–water partition coefficient (Wildman–Crippen LogP) is 2.89. The Balaban J connectivity index is 2.20. The summed E-state index contributed by atoms with van der Waals surface area (Å²) in [6.45, 7) is 12.4. The highest BCUT2D eigenvalue weighted by Gasteiger charge is 2.08. The Kier molecular flexibility index (Phi) is 11.7. The highest BCUT2D eigenvalue weighted by Crippen LogP contribution is 2.10. The van der Waals surface area contributed by atoms with Crippen LogP contribution in [0.25, 0.3) is 0 Å². The van der Waals surface area contributed by atoms with Gasteiger partial charge in [-0.25, -0.2) is 0 Å². The quantitative estimate of drug-likeness (QED) is 0.322. The lowest BCUT2D eigenvalue weighted by Gasteiger charge is -2.11. The van der Waals surface area contributed by atoms with Crippen molar-refractivity contribution in [2.75, 3.05) is 32.8 Å². The standard InChI is InChI=1S/C18H35N5O2/c1-5-7-13-24-14-9-12-21-18(19-6-2)20-11-8-10-16-22-17(15(3)4)23-25-16/h15H,5-14H2,1-4H3,(H2,19,20,21). The van der Waals surface area contributed by atoms with Crippen LogP contribution in [0.1, 0.15) is 71.0 Å². The molecule has 0 amide bonds. The fourth-order valence-corrected chi connectivity index (χ4v) is 2.10. The number of aryl methyl sites for hydroxylation is 1. The molecular weight excluding hydrogens is 318 g/mol. The van der Waals surface area contributed by atoms with Crippen LogP contribution in [-0.4, -0.2) is 48.9 Å². The molecule has 1 rings (SSSR count). The molecule has 144 valence electrons. The molecule has 0 aromatic carbocycles. The van der Waals surface area contributed by atoms with Gasteiger partial charge >= 0.3 is 0 Å². The molecule has 0 saturated heterocycles. The number of unbranched alkanes of at least 4 members (excludes halogenated alkanes) is 1. The van der Waals surface area contributed by atoms with Gasteiger partial charge < -0.3 is 19.9 Å². The number of hydrogen-bond donors (Lipinski definition) is 2. The van der Waals surface area contributed by atoms with Gasteiger partial charge in [0.2, 0.25) is 5.89 Å². The van der Waals surface area contributed by atoms with Crippen LogP contribution in [0.4, 0.5) is 0 Å². The van der Waals surface area contributed by atoms with Crippen LogP contribution in [0.3, 0.4) is 0 Å². The Morgan fingerprint density at radius 2 is 1.96 bits per heavy atom. The van der Waals surface area contributed by atoms with Gasteiger partial charge in [0.1, 0.15) is 0 Å². The molecule has 0 aliphatic carbocycles. The largest absolute Gasteiger partial charge is 0.381 e. The van der Waals surface area contributed by atoms with E-state index in [1.54, 1.807) is 0 Å². The zero-order valence-electron chi connectivity index (χ0n) is 16.3. The van der Waals surface area contributed by atoms with Crippen LogP contribution in [0, 0.1) is 0 Å². The van der Waals surface area contributed by atoms with Crippen LogP contribution < -0.4 is 10.6 Å². The number of aliphatic imine (C=N–C) groups is 1. The second-order valence-corrected chi connectivity index (χ2v) is 6.31. The maximum Gasteiger partial charge on any atom is 0.226 e. The van der Waals surface area contributed by atoms with E-state index < -0.39 is 0 Å². The predicted molar refractivity (Wildman–Crippen MR) is 101 cm³/mol. The summed E-state index contributed by atoms with van der Waals surface area (Å²) in [5.41, 5.74) is 0. The lowest BCUT2D eigenvalue weighted by Crippen LogP contribution is -2.38. The van der Waals surface area contributed by atoms with Crippen LogP contribution in [0.5, 0.6) is 0 Å². The molecule has 0 unspecified atom stereocenters. The Labute approximate surface area is 152 Å². The van der Waals surface area contributed by atoms with E-state index in [0.717, 1.165) is 70.3 Å². The van der Waals surface area contributed by atoms with Crippen molar-refractivity contribution in [1.29, 1.82) is 0 Å². The molecule has 7 heteroatoms. The SMILES string of the molecule is CCCCOCCCNC(=NCCCc1nc(C(C)C)no1)NCC. The van der Waals surface area contributed by atoms with Crippen LogP contribution >= 0.6 is 0 Å². The maximum absolute atomic E-state index is 5.56. The number of hydrogen-bond acceptors (Lipinski definition) is 5. The Hall–Kier alpha value is -1.63. The van der Waals surface area contributed by atoms with Crippen molar-refractivity contribution in [3.63, 3.8) is 0 Å². The summed E-state index contributed by atoms with van der Waals surface area (Å²) in [4.78, 5) is 8.96. The van der Waals surface area contributed by atoms with E-state index in [1.165, 1.54) is 6.42 Å². The first-order valence-electron chi connectivity index (χ1n) is 9.59.